The third-order valence-electron chi connectivity index (χ3n) is 2.89. The molecule has 0 aromatic carbocycles. The van der Waals surface area contributed by atoms with Gasteiger partial charge in [0.2, 0.25) is 0 Å². The maximum Gasteiger partial charge on any atom is 0.268 e. The largest absolute Gasteiger partial charge is 0.381 e. The summed E-state index contributed by atoms with van der Waals surface area (Å²) in [5.41, 5.74) is 1.07. The molecule has 0 amide bonds. The second-order valence-corrected chi connectivity index (χ2v) is 6.03. The lowest BCUT2D eigenvalue weighted by Gasteiger charge is -2.18. The van der Waals surface area contributed by atoms with E-state index in [4.69, 9.17) is 0 Å². The molecule has 0 spiro atoms. The molecule has 2 rings (SSSR count). The molecule has 0 saturated heterocycles. The van der Waals surface area contributed by atoms with Gasteiger partial charge in [0.25, 0.3) is 5.56 Å². The van der Waals surface area contributed by atoms with Crippen LogP contribution >= 0.6 is 0 Å². The van der Waals surface area contributed by atoms with E-state index in [-0.39, 0.29) is 11.0 Å². The second-order valence-electron chi connectivity index (χ2n) is 6.03. The standard InChI is InChI=1S/C13H21N3O/c1-13(2,3)6-7-16-12(17)8-11(9-14-16)15-10-4-5-10/h8-10,15H,4-7H2,1-3H3. The highest BCUT2D eigenvalue weighted by Crippen LogP contribution is 2.23. The lowest BCUT2D eigenvalue weighted by Crippen LogP contribution is -2.25. The van der Waals surface area contributed by atoms with E-state index in [1.54, 1.807) is 16.9 Å². The SMILES string of the molecule is CC(C)(C)CCn1ncc(NC2CC2)cc1=O. The Labute approximate surface area is 102 Å². The minimum Gasteiger partial charge on any atom is -0.381 e. The first-order valence-corrected chi connectivity index (χ1v) is 6.28. The Balaban J connectivity index is 2.00. The fourth-order valence-electron chi connectivity index (χ4n) is 1.59. The van der Waals surface area contributed by atoms with Crippen LogP contribution in [0.5, 0.6) is 0 Å². The van der Waals surface area contributed by atoms with E-state index in [9.17, 15) is 4.79 Å². The van der Waals surface area contributed by atoms with Crippen LogP contribution in [0.25, 0.3) is 0 Å². The van der Waals surface area contributed by atoms with Crippen LogP contribution in [0.3, 0.4) is 0 Å². The minimum atomic E-state index is -0.0140. The van der Waals surface area contributed by atoms with Gasteiger partial charge in [-0.05, 0) is 24.7 Å². The van der Waals surface area contributed by atoms with Crippen molar-refractivity contribution in [3.05, 3.63) is 22.6 Å². The quantitative estimate of drug-likeness (QED) is 0.870. The summed E-state index contributed by atoms with van der Waals surface area (Å²) in [5, 5.41) is 7.48. The van der Waals surface area contributed by atoms with Gasteiger partial charge in [0, 0.05) is 18.7 Å². The van der Waals surface area contributed by atoms with E-state index in [2.05, 4.69) is 31.2 Å². The normalized spacial score (nSPS) is 15.9. The molecule has 1 aliphatic rings. The van der Waals surface area contributed by atoms with Crippen molar-refractivity contribution in [3.8, 4) is 0 Å². The smallest absolute Gasteiger partial charge is 0.268 e. The first kappa shape index (κ1) is 12.1. The summed E-state index contributed by atoms with van der Waals surface area (Å²) < 4.78 is 1.54. The molecule has 4 heteroatoms. The number of nitrogens with zero attached hydrogens (tertiary/aromatic N) is 2. The van der Waals surface area contributed by atoms with E-state index < -0.39 is 0 Å². The van der Waals surface area contributed by atoms with Gasteiger partial charge in [-0.3, -0.25) is 4.79 Å². The molecule has 0 aliphatic heterocycles. The number of hydrogen-bond acceptors (Lipinski definition) is 3. The maximum atomic E-state index is 11.8. The molecule has 1 saturated carbocycles. The Hall–Kier alpha value is -1.32. The minimum absolute atomic E-state index is 0.0140. The Morgan fingerprint density at radius 3 is 2.71 bits per heavy atom. The Kier molecular flexibility index (Phi) is 3.22. The van der Waals surface area contributed by atoms with Gasteiger partial charge in [-0.1, -0.05) is 20.8 Å². The van der Waals surface area contributed by atoms with Gasteiger partial charge in [-0.15, -0.1) is 0 Å². The van der Waals surface area contributed by atoms with E-state index in [1.165, 1.54) is 12.8 Å². The zero-order valence-electron chi connectivity index (χ0n) is 10.9. The van der Waals surface area contributed by atoms with Crippen molar-refractivity contribution in [2.45, 2.75) is 52.6 Å². The number of aryl methyl sites for hydroxylation is 1. The number of rotatable bonds is 4. The number of aromatic nitrogens is 2. The van der Waals surface area contributed by atoms with E-state index in [0.717, 1.165) is 12.1 Å². The number of hydrogen-bond donors (Lipinski definition) is 1. The van der Waals surface area contributed by atoms with Crippen molar-refractivity contribution >= 4 is 5.69 Å². The number of anilines is 1. The highest BCUT2D eigenvalue weighted by molar-refractivity contribution is 5.41. The molecule has 94 valence electrons. The average molecular weight is 235 g/mol. The molecule has 1 aromatic heterocycles. The van der Waals surface area contributed by atoms with Crippen LogP contribution in [0.2, 0.25) is 0 Å². The van der Waals surface area contributed by atoms with Crippen LogP contribution < -0.4 is 10.9 Å². The third-order valence-corrected chi connectivity index (χ3v) is 2.89. The van der Waals surface area contributed by atoms with Crippen molar-refractivity contribution in [1.29, 1.82) is 0 Å². The second kappa shape index (κ2) is 4.51. The molecule has 17 heavy (non-hydrogen) atoms. The lowest BCUT2D eigenvalue weighted by molar-refractivity contribution is 0.336. The molecule has 1 heterocycles. The van der Waals surface area contributed by atoms with Crippen molar-refractivity contribution in [3.63, 3.8) is 0 Å². The van der Waals surface area contributed by atoms with Crippen molar-refractivity contribution in [2.75, 3.05) is 5.32 Å². The lowest BCUT2D eigenvalue weighted by atomic mass is 9.92. The van der Waals surface area contributed by atoms with Crippen molar-refractivity contribution < 1.29 is 0 Å². The van der Waals surface area contributed by atoms with Gasteiger partial charge in [0.1, 0.15) is 0 Å². The predicted octanol–water partition coefficient (Wildman–Crippen LogP) is 2.25. The third kappa shape index (κ3) is 3.88. The molecule has 0 radical (unpaired) electrons. The monoisotopic (exact) mass is 235 g/mol. The predicted molar refractivity (Wildman–Crippen MR) is 69.2 cm³/mol. The van der Waals surface area contributed by atoms with Crippen LogP contribution in [0.1, 0.15) is 40.0 Å². The topological polar surface area (TPSA) is 46.9 Å². The van der Waals surface area contributed by atoms with E-state index in [0.29, 0.717) is 12.6 Å². The Morgan fingerprint density at radius 1 is 1.47 bits per heavy atom. The van der Waals surface area contributed by atoms with Crippen molar-refractivity contribution in [2.24, 2.45) is 5.41 Å². The summed E-state index contributed by atoms with van der Waals surface area (Å²) in [5.74, 6) is 0. The van der Waals surface area contributed by atoms with E-state index >= 15 is 0 Å². The van der Waals surface area contributed by atoms with Crippen LogP contribution in [0.15, 0.2) is 17.1 Å². The maximum absolute atomic E-state index is 11.8. The summed E-state index contributed by atoms with van der Waals surface area (Å²) in [6.07, 6.45) is 5.11. The molecule has 0 atom stereocenters. The molecule has 0 unspecified atom stereocenters. The first-order valence-electron chi connectivity index (χ1n) is 6.28. The summed E-state index contributed by atoms with van der Waals surface area (Å²) >= 11 is 0. The van der Waals surface area contributed by atoms with Gasteiger partial charge < -0.3 is 5.32 Å². The molecule has 1 fully saturated rings. The zero-order valence-corrected chi connectivity index (χ0v) is 10.9. The average Bonchev–Trinajstić information content (AvgIpc) is 2.99. The van der Waals surface area contributed by atoms with Gasteiger partial charge in [0.15, 0.2) is 0 Å². The zero-order chi connectivity index (χ0) is 12.5. The van der Waals surface area contributed by atoms with Crippen LogP contribution in [0, 0.1) is 5.41 Å². The summed E-state index contributed by atoms with van der Waals surface area (Å²) in [6.45, 7) is 7.19. The van der Waals surface area contributed by atoms with Gasteiger partial charge in [-0.2, -0.15) is 5.10 Å². The van der Waals surface area contributed by atoms with Crippen LogP contribution in [-0.2, 0) is 6.54 Å². The molecule has 1 aromatic rings. The molecule has 1 N–H and O–H groups in total. The van der Waals surface area contributed by atoms with Gasteiger partial charge >= 0.3 is 0 Å². The van der Waals surface area contributed by atoms with Crippen molar-refractivity contribution in [1.82, 2.24) is 9.78 Å². The summed E-state index contributed by atoms with van der Waals surface area (Å²) in [4.78, 5) is 11.8. The van der Waals surface area contributed by atoms with Crippen LogP contribution in [-0.4, -0.2) is 15.8 Å². The van der Waals surface area contributed by atoms with Gasteiger partial charge in [-0.25, -0.2) is 4.68 Å². The molecular formula is C13H21N3O. The molecular weight excluding hydrogens is 214 g/mol. The highest BCUT2D eigenvalue weighted by atomic mass is 16.1. The van der Waals surface area contributed by atoms with Crippen LogP contribution in [0.4, 0.5) is 5.69 Å². The molecule has 4 nitrogen and oxygen atoms in total. The molecule has 1 aliphatic carbocycles. The van der Waals surface area contributed by atoms with E-state index in [1.807, 2.05) is 0 Å². The highest BCUT2D eigenvalue weighted by Gasteiger charge is 2.21. The number of nitrogens with one attached hydrogen (secondary N) is 1. The molecule has 0 bridgehead atoms. The Bertz CT molecular complexity index is 441. The summed E-state index contributed by atoms with van der Waals surface area (Å²) in [6, 6.07) is 2.20. The Morgan fingerprint density at radius 2 is 2.18 bits per heavy atom. The first-order chi connectivity index (χ1) is 7.94. The summed E-state index contributed by atoms with van der Waals surface area (Å²) in [7, 11) is 0. The van der Waals surface area contributed by atoms with Gasteiger partial charge in [0.05, 0.1) is 11.9 Å². The fourth-order valence-corrected chi connectivity index (χ4v) is 1.59. The fraction of sp³-hybridized carbons (Fsp3) is 0.692.